The number of rotatable bonds is 5. The monoisotopic (exact) mass is 407 g/mol. The van der Waals surface area contributed by atoms with E-state index < -0.39 is 0 Å². The van der Waals surface area contributed by atoms with Crippen molar-refractivity contribution in [3.8, 4) is 10.6 Å². The lowest BCUT2D eigenvalue weighted by Gasteiger charge is -2.10. The summed E-state index contributed by atoms with van der Waals surface area (Å²) in [7, 11) is 0. The predicted molar refractivity (Wildman–Crippen MR) is 121 cm³/mol. The number of imidazole rings is 1. The first kappa shape index (κ1) is 19.8. The molecule has 0 aliphatic rings. The number of benzene rings is 1. The summed E-state index contributed by atoms with van der Waals surface area (Å²) in [4.78, 5) is 6.04. The van der Waals surface area contributed by atoms with Gasteiger partial charge in [0.1, 0.15) is 11.5 Å². The van der Waals surface area contributed by atoms with Gasteiger partial charge in [-0.1, -0.05) is 26.3 Å². The minimum atomic E-state index is -0.204. The van der Waals surface area contributed by atoms with Gasteiger partial charge in [0.05, 0.1) is 16.3 Å². The Labute approximate surface area is 174 Å². The molecule has 0 radical (unpaired) electrons. The molecular formula is C24H26FN3S. The number of hydrogen-bond acceptors (Lipinski definition) is 3. The minimum absolute atomic E-state index is 0.204. The third-order valence-electron chi connectivity index (χ3n) is 5.31. The minimum Gasteiger partial charge on any atom is -0.231 e. The summed E-state index contributed by atoms with van der Waals surface area (Å²) in [6.07, 6.45) is 5.41. The lowest BCUT2D eigenvalue weighted by molar-refractivity contribution is 0.630. The molecule has 4 aromatic rings. The fraction of sp³-hybridized carbons (Fsp3) is 0.333. The zero-order valence-electron chi connectivity index (χ0n) is 17.6. The van der Waals surface area contributed by atoms with Gasteiger partial charge < -0.3 is 0 Å². The van der Waals surface area contributed by atoms with E-state index in [2.05, 4.69) is 32.9 Å². The molecule has 0 bridgehead atoms. The number of aryl methyl sites for hydroxylation is 3. The molecule has 0 spiro atoms. The molecule has 0 amide bonds. The number of aromatic nitrogens is 3. The highest BCUT2D eigenvalue weighted by Gasteiger charge is 2.21. The zero-order chi connectivity index (χ0) is 20.7. The standard InChI is InChI=1S/C24H26FN3S/c1-6-8-17(9-7-2)20-12-14(3)27-28-22(16(5)26-24(20)28)23-15(4)19-13-18(25)10-11-21(19)29-23/h8,10-13H,6-7,9H2,1-5H3. The molecule has 1 aromatic carbocycles. The Bertz CT molecular complexity index is 1250. The molecular weight excluding hydrogens is 381 g/mol. The Kier molecular flexibility index (Phi) is 5.26. The molecule has 0 aliphatic heterocycles. The van der Waals surface area contributed by atoms with Crippen LogP contribution in [0.3, 0.4) is 0 Å². The quantitative estimate of drug-likeness (QED) is 0.348. The summed E-state index contributed by atoms with van der Waals surface area (Å²) >= 11 is 1.68. The first-order chi connectivity index (χ1) is 13.9. The lowest BCUT2D eigenvalue weighted by Crippen LogP contribution is -2.01. The summed E-state index contributed by atoms with van der Waals surface area (Å²) in [5, 5.41) is 5.79. The number of hydrogen-bond donors (Lipinski definition) is 0. The highest BCUT2D eigenvalue weighted by Crippen LogP contribution is 2.40. The summed E-state index contributed by atoms with van der Waals surface area (Å²) in [6.45, 7) is 10.5. The molecule has 0 aliphatic carbocycles. The molecule has 3 aromatic heterocycles. The van der Waals surface area contributed by atoms with Gasteiger partial charge in [-0.05, 0) is 74.4 Å². The summed E-state index contributed by atoms with van der Waals surface area (Å²) in [5.74, 6) is -0.204. The molecule has 0 saturated heterocycles. The second-order valence-corrected chi connectivity index (χ2v) is 8.62. The van der Waals surface area contributed by atoms with Gasteiger partial charge >= 0.3 is 0 Å². The SMILES string of the molecule is CCC=C(CCC)c1cc(C)nn2c(-c3sc4ccc(F)cc4c3C)c(C)nc12. The summed E-state index contributed by atoms with van der Waals surface area (Å²) in [5.41, 5.74) is 7.41. The van der Waals surface area contributed by atoms with Crippen LogP contribution in [0.15, 0.2) is 30.3 Å². The van der Waals surface area contributed by atoms with E-state index in [9.17, 15) is 4.39 Å². The van der Waals surface area contributed by atoms with Crippen molar-refractivity contribution in [2.24, 2.45) is 0 Å². The first-order valence-electron chi connectivity index (χ1n) is 10.2. The summed E-state index contributed by atoms with van der Waals surface area (Å²) in [6, 6.07) is 7.15. The van der Waals surface area contributed by atoms with Crippen LogP contribution in [-0.4, -0.2) is 14.6 Å². The van der Waals surface area contributed by atoms with Crippen LogP contribution < -0.4 is 0 Å². The van der Waals surface area contributed by atoms with Crippen LogP contribution in [0.2, 0.25) is 0 Å². The molecule has 5 heteroatoms. The van der Waals surface area contributed by atoms with Gasteiger partial charge in [-0.2, -0.15) is 5.10 Å². The Hall–Kier alpha value is -2.53. The van der Waals surface area contributed by atoms with Gasteiger partial charge in [-0.3, -0.25) is 0 Å². The van der Waals surface area contributed by atoms with Gasteiger partial charge in [0.25, 0.3) is 0 Å². The maximum absolute atomic E-state index is 13.8. The molecule has 0 saturated carbocycles. The fourth-order valence-electron chi connectivity index (χ4n) is 4.03. The number of fused-ring (bicyclic) bond motifs is 2. The van der Waals surface area contributed by atoms with E-state index in [0.29, 0.717) is 0 Å². The van der Waals surface area contributed by atoms with E-state index in [1.165, 1.54) is 17.2 Å². The number of thiophene rings is 1. The number of halogens is 1. The largest absolute Gasteiger partial charge is 0.231 e. The van der Waals surface area contributed by atoms with Gasteiger partial charge in [-0.25, -0.2) is 13.9 Å². The third-order valence-corrected chi connectivity index (χ3v) is 6.59. The molecule has 0 fully saturated rings. The average molecular weight is 408 g/mol. The predicted octanol–water partition coefficient (Wildman–Crippen LogP) is 7.27. The maximum Gasteiger partial charge on any atom is 0.162 e. The van der Waals surface area contributed by atoms with Crippen LogP contribution in [0.5, 0.6) is 0 Å². The first-order valence-corrected chi connectivity index (χ1v) is 11.0. The normalized spacial score (nSPS) is 12.4. The highest BCUT2D eigenvalue weighted by molar-refractivity contribution is 7.22. The second kappa shape index (κ2) is 7.71. The fourth-order valence-corrected chi connectivity index (χ4v) is 5.30. The number of allylic oxidation sites excluding steroid dienone is 2. The molecule has 0 N–H and O–H groups in total. The Morgan fingerprint density at radius 2 is 1.97 bits per heavy atom. The van der Waals surface area contributed by atoms with E-state index in [-0.39, 0.29) is 5.82 Å². The lowest BCUT2D eigenvalue weighted by atomic mass is 10.0. The number of nitrogens with zero attached hydrogens (tertiary/aromatic N) is 3. The van der Waals surface area contributed by atoms with E-state index in [1.54, 1.807) is 17.4 Å². The molecule has 3 heterocycles. The molecule has 0 atom stereocenters. The Balaban J connectivity index is 2.02. The molecule has 0 unspecified atom stereocenters. The van der Waals surface area contributed by atoms with Crippen molar-refractivity contribution in [2.45, 2.75) is 53.9 Å². The van der Waals surface area contributed by atoms with Gasteiger partial charge in [0.15, 0.2) is 5.65 Å². The summed E-state index contributed by atoms with van der Waals surface area (Å²) < 4.78 is 16.9. The zero-order valence-corrected chi connectivity index (χ0v) is 18.5. The molecule has 3 nitrogen and oxygen atoms in total. The van der Waals surface area contributed by atoms with Crippen molar-refractivity contribution in [1.29, 1.82) is 0 Å². The van der Waals surface area contributed by atoms with Gasteiger partial charge in [0.2, 0.25) is 0 Å². The molecule has 4 rings (SSSR count). The van der Waals surface area contributed by atoms with Crippen LogP contribution in [0.1, 0.15) is 55.6 Å². The van der Waals surface area contributed by atoms with Gasteiger partial charge in [0, 0.05) is 10.3 Å². The van der Waals surface area contributed by atoms with E-state index in [1.807, 2.05) is 24.4 Å². The Morgan fingerprint density at radius 3 is 2.69 bits per heavy atom. The van der Waals surface area contributed by atoms with E-state index >= 15 is 0 Å². The second-order valence-electron chi connectivity index (χ2n) is 7.56. The van der Waals surface area contributed by atoms with Crippen molar-refractivity contribution >= 4 is 32.6 Å². The van der Waals surface area contributed by atoms with Crippen molar-refractivity contribution in [3.05, 3.63) is 58.7 Å². The van der Waals surface area contributed by atoms with E-state index in [4.69, 9.17) is 10.1 Å². The third kappa shape index (κ3) is 3.38. The highest BCUT2D eigenvalue weighted by atomic mass is 32.1. The molecule has 150 valence electrons. The average Bonchev–Trinajstić information content (AvgIpc) is 3.17. The van der Waals surface area contributed by atoms with Crippen molar-refractivity contribution in [2.75, 3.05) is 0 Å². The molecule has 29 heavy (non-hydrogen) atoms. The van der Waals surface area contributed by atoms with Crippen molar-refractivity contribution in [3.63, 3.8) is 0 Å². The van der Waals surface area contributed by atoms with Crippen LogP contribution in [0.4, 0.5) is 4.39 Å². The van der Waals surface area contributed by atoms with Crippen LogP contribution in [0.25, 0.3) is 31.9 Å². The Morgan fingerprint density at radius 1 is 1.17 bits per heavy atom. The van der Waals surface area contributed by atoms with Crippen LogP contribution >= 0.6 is 11.3 Å². The van der Waals surface area contributed by atoms with Crippen LogP contribution in [-0.2, 0) is 0 Å². The van der Waals surface area contributed by atoms with Gasteiger partial charge in [-0.15, -0.1) is 11.3 Å². The maximum atomic E-state index is 13.8. The van der Waals surface area contributed by atoms with Crippen molar-refractivity contribution in [1.82, 2.24) is 14.6 Å². The topological polar surface area (TPSA) is 30.2 Å². The van der Waals surface area contributed by atoms with E-state index in [0.717, 1.165) is 62.5 Å². The van der Waals surface area contributed by atoms with Crippen LogP contribution in [0, 0.1) is 26.6 Å². The smallest absolute Gasteiger partial charge is 0.162 e. The van der Waals surface area contributed by atoms with Crippen molar-refractivity contribution < 1.29 is 4.39 Å².